The van der Waals surface area contributed by atoms with Gasteiger partial charge in [0.05, 0.1) is 6.42 Å². The number of nitrogens with zero attached hydrogens (tertiary/aromatic N) is 2. The molecule has 0 bridgehead atoms. The number of aromatic nitrogens is 3. The largest absolute Gasteiger partial charge is 0.481 e. The Morgan fingerprint density at radius 1 is 1.39 bits per heavy atom. The number of aliphatic carboxylic acids is 1. The first-order valence-corrected chi connectivity index (χ1v) is 7.94. The van der Waals surface area contributed by atoms with Crippen LogP contribution in [0.1, 0.15) is 47.7 Å². The minimum Gasteiger partial charge on any atom is -0.481 e. The molecule has 0 aliphatic carbocycles. The first-order valence-electron chi connectivity index (χ1n) is 7.13. The van der Waals surface area contributed by atoms with Crippen LogP contribution in [-0.4, -0.2) is 26.0 Å². The number of aromatic amines is 1. The SMILES string of the molecule is Cc1nc(/C=C/c2ncc(C(C)(C)C)s2)[nH]c(=O)c1CC(=O)O. The molecule has 0 radical (unpaired) electrons. The Morgan fingerprint density at radius 3 is 2.61 bits per heavy atom. The number of nitrogens with one attached hydrogen (secondary N) is 1. The van der Waals surface area contributed by atoms with E-state index in [1.807, 2.05) is 6.20 Å². The number of rotatable bonds is 4. The monoisotopic (exact) mass is 333 g/mol. The highest BCUT2D eigenvalue weighted by Crippen LogP contribution is 2.28. The van der Waals surface area contributed by atoms with E-state index in [-0.39, 0.29) is 17.4 Å². The Hall–Kier alpha value is -2.28. The van der Waals surface area contributed by atoms with Gasteiger partial charge >= 0.3 is 5.97 Å². The summed E-state index contributed by atoms with van der Waals surface area (Å²) in [5.74, 6) is -0.671. The Kier molecular flexibility index (Phi) is 4.79. The molecule has 0 atom stereocenters. The topological polar surface area (TPSA) is 95.9 Å². The molecule has 2 aromatic rings. The molecule has 2 rings (SSSR count). The van der Waals surface area contributed by atoms with Crippen LogP contribution < -0.4 is 5.56 Å². The quantitative estimate of drug-likeness (QED) is 0.896. The highest BCUT2D eigenvalue weighted by atomic mass is 32.1. The van der Waals surface area contributed by atoms with Crippen LogP contribution in [0.15, 0.2) is 11.0 Å². The van der Waals surface area contributed by atoms with Crippen LogP contribution in [0.2, 0.25) is 0 Å². The lowest BCUT2D eigenvalue weighted by Crippen LogP contribution is -2.20. The molecule has 122 valence electrons. The molecule has 0 unspecified atom stereocenters. The third kappa shape index (κ3) is 4.35. The van der Waals surface area contributed by atoms with E-state index in [0.29, 0.717) is 11.5 Å². The molecule has 0 saturated carbocycles. The summed E-state index contributed by atoms with van der Waals surface area (Å²) in [6, 6.07) is 0. The van der Waals surface area contributed by atoms with Crippen molar-refractivity contribution in [2.75, 3.05) is 0 Å². The van der Waals surface area contributed by atoms with Gasteiger partial charge in [-0.1, -0.05) is 20.8 Å². The zero-order valence-corrected chi connectivity index (χ0v) is 14.3. The first-order chi connectivity index (χ1) is 10.7. The van der Waals surface area contributed by atoms with Gasteiger partial charge in [0.2, 0.25) is 0 Å². The molecule has 2 heterocycles. The van der Waals surface area contributed by atoms with Gasteiger partial charge in [0.15, 0.2) is 0 Å². The lowest BCUT2D eigenvalue weighted by Gasteiger charge is -2.14. The molecule has 0 aliphatic rings. The fraction of sp³-hybridized carbons (Fsp3) is 0.375. The van der Waals surface area contributed by atoms with Gasteiger partial charge in [-0.3, -0.25) is 9.59 Å². The van der Waals surface area contributed by atoms with Gasteiger partial charge in [0.1, 0.15) is 10.8 Å². The minimum atomic E-state index is -1.05. The molecular weight excluding hydrogens is 314 g/mol. The number of aryl methyl sites for hydroxylation is 1. The highest BCUT2D eigenvalue weighted by molar-refractivity contribution is 7.12. The number of thiazole rings is 1. The lowest BCUT2D eigenvalue weighted by atomic mass is 9.96. The molecule has 0 spiro atoms. The molecule has 0 aromatic carbocycles. The zero-order chi connectivity index (χ0) is 17.2. The summed E-state index contributed by atoms with van der Waals surface area (Å²) < 4.78 is 0. The van der Waals surface area contributed by atoms with Gasteiger partial charge in [-0.2, -0.15) is 0 Å². The molecule has 2 aromatic heterocycles. The molecular formula is C16H19N3O3S. The van der Waals surface area contributed by atoms with Crippen molar-refractivity contribution < 1.29 is 9.90 Å². The summed E-state index contributed by atoms with van der Waals surface area (Å²) in [6.07, 6.45) is 4.97. The van der Waals surface area contributed by atoms with E-state index in [0.717, 1.165) is 5.01 Å². The van der Waals surface area contributed by atoms with Crippen LogP contribution in [0.25, 0.3) is 12.2 Å². The van der Waals surface area contributed by atoms with Gasteiger partial charge in [-0.05, 0) is 24.5 Å². The Labute approximate surface area is 137 Å². The zero-order valence-electron chi connectivity index (χ0n) is 13.5. The second-order valence-electron chi connectivity index (χ2n) is 6.23. The van der Waals surface area contributed by atoms with Crippen LogP contribution in [0, 0.1) is 6.92 Å². The van der Waals surface area contributed by atoms with Crippen molar-refractivity contribution in [1.82, 2.24) is 15.0 Å². The minimum absolute atomic E-state index is 0.0470. The van der Waals surface area contributed by atoms with Gasteiger partial charge in [0, 0.05) is 22.3 Å². The normalized spacial score (nSPS) is 12.0. The van der Waals surface area contributed by atoms with Gasteiger partial charge in [-0.15, -0.1) is 11.3 Å². The van der Waals surface area contributed by atoms with Crippen molar-refractivity contribution in [2.24, 2.45) is 0 Å². The number of H-pyrrole nitrogens is 1. The summed E-state index contributed by atoms with van der Waals surface area (Å²) in [7, 11) is 0. The molecule has 0 saturated heterocycles. The summed E-state index contributed by atoms with van der Waals surface area (Å²) in [6.45, 7) is 8.00. The van der Waals surface area contributed by atoms with Crippen molar-refractivity contribution in [3.63, 3.8) is 0 Å². The maximum atomic E-state index is 11.9. The third-order valence-corrected chi connectivity index (χ3v) is 4.60. The predicted molar refractivity (Wildman–Crippen MR) is 90.7 cm³/mol. The maximum Gasteiger partial charge on any atom is 0.308 e. The van der Waals surface area contributed by atoms with Gasteiger partial charge in [0.25, 0.3) is 5.56 Å². The van der Waals surface area contributed by atoms with Crippen LogP contribution in [-0.2, 0) is 16.6 Å². The lowest BCUT2D eigenvalue weighted by molar-refractivity contribution is -0.136. The number of carboxylic acids is 1. The Balaban J connectivity index is 2.25. The first kappa shape index (κ1) is 17.1. The molecule has 0 amide bonds. The van der Waals surface area contributed by atoms with E-state index in [2.05, 4.69) is 35.7 Å². The van der Waals surface area contributed by atoms with Crippen molar-refractivity contribution in [1.29, 1.82) is 0 Å². The van der Waals surface area contributed by atoms with E-state index >= 15 is 0 Å². The molecule has 0 fully saturated rings. The standard InChI is InChI=1S/C16H19N3O3S/c1-9-10(7-14(20)21)15(22)19-12(18-9)5-6-13-17-8-11(23-13)16(2,3)4/h5-6,8H,7H2,1-4H3,(H,20,21)(H,18,19,22)/b6-5+. The van der Waals surface area contributed by atoms with Crippen LogP contribution in [0.4, 0.5) is 0 Å². The van der Waals surface area contributed by atoms with Crippen molar-refractivity contribution >= 4 is 29.5 Å². The fourth-order valence-electron chi connectivity index (χ4n) is 1.93. The molecule has 23 heavy (non-hydrogen) atoms. The number of carbonyl (C=O) groups is 1. The van der Waals surface area contributed by atoms with E-state index in [9.17, 15) is 9.59 Å². The van der Waals surface area contributed by atoms with Crippen LogP contribution in [0.5, 0.6) is 0 Å². The van der Waals surface area contributed by atoms with E-state index in [4.69, 9.17) is 5.11 Å². The second kappa shape index (κ2) is 6.45. The van der Waals surface area contributed by atoms with Gasteiger partial charge < -0.3 is 10.1 Å². The number of hydrogen-bond acceptors (Lipinski definition) is 5. The summed E-state index contributed by atoms with van der Waals surface area (Å²) in [5.41, 5.74) is 0.226. The average Bonchev–Trinajstić information content (AvgIpc) is 2.89. The van der Waals surface area contributed by atoms with Crippen molar-refractivity contribution in [3.8, 4) is 0 Å². The van der Waals surface area contributed by atoms with E-state index < -0.39 is 11.5 Å². The van der Waals surface area contributed by atoms with E-state index in [1.165, 1.54) is 4.88 Å². The fourth-order valence-corrected chi connectivity index (χ4v) is 2.81. The molecule has 2 N–H and O–H groups in total. The smallest absolute Gasteiger partial charge is 0.308 e. The summed E-state index contributed by atoms with van der Waals surface area (Å²) >= 11 is 1.58. The summed E-state index contributed by atoms with van der Waals surface area (Å²) in [5, 5.41) is 9.63. The maximum absolute atomic E-state index is 11.9. The summed E-state index contributed by atoms with van der Waals surface area (Å²) in [4.78, 5) is 35.0. The Morgan fingerprint density at radius 2 is 2.09 bits per heavy atom. The van der Waals surface area contributed by atoms with E-state index in [1.54, 1.807) is 30.4 Å². The third-order valence-electron chi connectivity index (χ3n) is 3.22. The van der Waals surface area contributed by atoms with Crippen molar-refractivity contribution in [2.45, 2.75) is 39.5 Å². The van der Waals surface area contributed by atoms with Crippen LogP contribution >= 0.6 is 11.3 Å². The molecule has 6 nitrogen and oxygen atoms in total. The van der Waals surface area contributed by atoms with Gasteiger partial charge in [-0.25, -0.2) is 9.97 Å². The highest BCUT2D eigenvalue weighted by Gasteiger charge is 2.16. The average molecular weight is 333 g/mol. The number of hydrogen-bond donors (Lipinski definition) is 2. The predicted octanol–water partition coefficient (Wildman–Crippen LogP) is 2.63. The second-order valence-corrected chi connectivity index (χ2v) is 7.29. The Bertz CT molecular complexity index is 813. The van der Waals surface area contributed by atoms with Crippen LogP contribution in [0.3, 0.4) is 0 Å². The number of carboxylic acid groups (broad SMARTS) is 1. The molecule has 0 aliphatic heterocycles. The molecule has 7 heteroatoms. The van der Waals surface area contributed by atoms with Crippen molar-refractivity contribution in [3.05, 3.63) is 43.5 Å².